The van der Waals surface area contributed by atoms with Gasteiger partial charge < -0.3 is 20.8 Å². The molecular formula is C14H20N2O4. The number of hydrogen-bond donors (Lipinski definition) is 4. The van der Waals surface area contributed by atoms with E-state index < -0.39 is 18.0 Å². The summed E-state index contributed by atoms with van der Waals surface area (Å²) in [5, 5.41) is 22.4. The second-order valence-electron chi connectivity index (χ2n) is 4.40. The smallest absolute Gasteiger partial charge is 0.326 e. The van der Waals surface area contributed by atoms with Gasteiger partial charge in [-0.2, -0.15) is 0 Å². The van der Waals surface area contributed by atoms with Gasteiger partial charge in [0, 0.05) is 19.6 Å². The summed E-state index contributed by atoms with van der Waals surface area (Å²) >= 11 is 0. The lowest BCUT2D eigenvalue weighted by Gasteiger charge is -2.14. The highest BCUT2D eigenvalue weighted by molar-refractivity contribution is 5.82. The monoisotopic (exact) mass is 280 g/mol. The van der Waals surface area contributed by atoms with Gasteiger partial charge in [0.1, 0.15) is 6.04 Å². The molecule has 2 amide bonds. The number of aryl methyl sites for hydroxylation is 1. The highest BCUT2D eigenvalue weighted by Crippen LogP contribution is 2.04. The Labute approximate surface area is 117 Å². The van der Waals surface area contributed by atoms with Crippen LogP contribution >= 0.6 is 0 Å². The summed E-state index contributed by atoms with van der Waals surface area (Å²) in [6.45, 7) is 2.09. The van der Waals surface area contributed by atoms with E-state index in [1.807, 2.05) is 24.3 Å². The van der Waals surface area contributed by atoms with E-state index in [1.165, 1.54) is 5.56 Å². The van der Waals surface area contributed by atoms with Gasteiger partial charge in [0.2, 0.25) is 0 Å². The van der Waals surface area contributed by atoms with E-state index in [2.05, 4.69) is 17.6 Å². The molecule has 110 valence electrons. The molecular weight excluding hydrogens is 260 g/mol. The third-order valence-electron chi connectivity index (χ3n) is 2.91. The Morgan fingerprint density at radius 1 is 1.20 bits per heavy atom. The Morgan fingerprint density at radius 3 is 2.30 bits per heavy atom. The van der Waals surface area contributed by atoms with Crippen LogP contribution in [0.3, 0.4) is 0 Å². The minimum Gasteiger partial charge on any atom is -0.480 e. The highest BCUT2D eigenvalue weighted by atomic mass is 16.4. The molecule has 0 fully saturated rings. The number of amides is 2. The van der Waals surface area contributed by atoms with Crippen molar-refractivity contribution in [1.82, 2.24) is 10.6 Å². The number of aliphatic carboxylic acids is 1. The third-order valence-corrected chi connectivity index (χ3v) is 2.91. The first-order valence-corrected chi connectivity index (χ1v) is 6.52. The normalized spacial score (nSPS) is 11.7. The van der Waals surface area contributed by atoms with Gasteiger partial charge in [0.05, 0.1) is 0 Å². The number of nitrogens with one attached hydrogen (secondary N) is 2. The molecule has 6 heteroatoms. The van der Waals surface area contributed by atoms with Gasteiger partial charge >= 0.3 is 12.0 Å². The summed E-state index contributed by atoms with van der Waals surface area (Å²) in [4.78, 5) is 22.4. The fraction of sp³-hybridized carbons (Fsp3) is 0.429. The van der Waals surface area contributed by atoms with E-state index in [1.54, 1.807) is 0 Å². The first kappa shape index (κ1) is 16.0. The molecule has 0 spiro atoms. The van der Waals surface area contributed by atoms with E-state index in [4.69, 9.17) is 10.2 Å². The van der Waals surface area contributed by atoms with Gasteiger partial charge in [0.25, 0.3) is 0 Å². The maximum absolute atomic E-state index is 11.6. The number of urea groups is 1. The van der Waals surface area contributed by atoms with Crippen LogP contribution in [0.2, 0.25) is 0 Å². The number of aliphatic hydroxyl groups excluding tert-OH is 1. The topological polar surface area (TPSA) is 98.7 Å². The van der Waals surface area contributed by atoms with Gasteiger partial charge in [-0.25, -0.2) is 9.59 Å². The largest absolute Gasteiger partial charge is 0.480 e. The zero-order chi connectivity index (χ0) is 15.0. The van der Waals surface area contributed by atoms with Gasteiger partial charge in [-0.05, 0) is 17.5 Å². The molecule has 0 bridgehead atoms. The number of benzene rings is 1. The highest BCUT2D eigenvalue weighted by Gasteiger charge is 2.18. The molecule has 0 heterocycles. The van der Waals surface area contributed by atoms with Crippen LogP contribution in [0.5, 0.6) is 0 Å². The summed E-state index contributed by atoms with van der Waals surface area (Å²) in [7, 11) is 0. The van der Waals surface area contributed by atoms with Crippen LogP contribution in [-0.2, 0) is 17.8 Å². The average molecular weight is 280 g/mol. The minimum absolute atomic E-state index is 0.0199. The molecule has 0 aliphatic heterocycles. The van der Waals surface area contributed by atoms with Gasteiger partial charge in [0.15, 0.2) is 0 Å². The molecule has 0 saturated carbocycles. The molecule has 1 rings (SSSR count). The van der Waals surface area contributed by atoms with Gasteiger partial charge in [-0.15, -0.1) is 0 Å². The second kappa shape index (κ2) is 8.16. The molecule has 4 N–H and O–H groups in total. The van der Waals surface area contributed by atoms with Crippen molar-refractivity contribution in [3.63, 3.8) is 0 Å². The zero-order valence-electron chi connectivity index (χ0n) is 11.4. The molecule has 0 radical (unpaired) electrons. The lowest BCUT2D eigenvalue weighted by Crippen LogP contribution is -2.46. The standard InChI is InChI=1S/C14H20N2O4/c1-2-10-3-5-11(6-4-10)9-15-14(20)16-12(7-8-17)13(18)19/h3-6,12,17H,2,7-9H2,1H3,(H,18,19)(H2,15,16,20)/t12-/m1/s1. The lowest BCUT2D eigenvalue weighted by atomic mass is 10.1. The Hall–Kier alpha value is -2.08. The van der Waals surface area contributed by atoms with Crippen molar-refractivity contribution in [2.75, 3.05) is 6.61 Å². The number of carboxylic acids is 1. The van der Waals surface area contributed by atoms with Crippen molar-refractivity contribution >= 4 is 12.0 Å². The van der Waals surface area contributed by atoms with Crippen molar-refractivity contribution in [2.45, 2.75) is 32.4 Å². The van der Waals surface area contributed by atoms with Gasteiger partial charge in [-0.3, -0.25) is 0 Å². The predicted octanol–water partition coefficient (Wildman–Crippen LogP) is 0.884. The van der Waals surface area contributed by atoms with E-state index >= 15 is 0 Å². The second-order valence-corrected chi connectivity index (χ2v) is 4.40. The first-order chi connectivity index (χ1) is 9.56. The Morgan fingerprint density at radius 2 is 1.80 bits per heavy atom. The van der Waals surface area contributed by atoms with Gasteiger partial charge in [-0.1, -0.05) is 31.2 Å². The molecule has 20 heavy (non-hydrogen) atoms. The minimum atomic E-state index is -1.17. The molecule has 0 aromatic heterocycles. The molecule has 0 saturated heterocycles. The van der Waals surface area contributed by atoms with Crippen molar-refractivity contribution < 1.29 is 19.8 Å². The Kier molecular flexibility index (Phi) is 6.52. The van der Waals surface area contributed by atoms with Crippen LogP contribution < -0.4 is 10.6 Å². The van der Waals surface area contributed by atoms with Crippen molar-refractivity contribution in [3.05, 3.63) is 35.4 Å². The van der Waals surface area contributed by atoms with Crippen LogP contribution in [0, 0.1) is 0 Å². The zero-order valence-corrected chi connectivity index (χ0v) is 11.4. The number of carboxylic acid groups (broad SMARTS) is 1. The lowest BCUT2D eigenvalue weighted by molar-refractivity contribution is -0.139. The molecule has 1 aromatic carbocycles. The number of carbonyl (C=O) groups is 2. The van der Waals surface area contributed by atoms with Crippen LogP contribution in [0.4, 0.5) is 4.79 Å². The van der Waals surface area contributed by atoms with Crippen LogP contribution in [0.25, 0.3) is 0 Å². The summed E-state index contributed by atoms with van der Waals surface area (Å²) in [6.07, 6.45) is 0.934. The third kappa shape index (κ3) is 5.27. The van der Waals surface area contributed by atoms with Crippen molar-refractivity contribution in [1.29, 1.82) is 0 Å². The quantitative estimate of drug-likeness (QED) is 0.596. The summed E-state index contributed by atoms with van der Waals surface area (Å²) in [5.74, 6) is -1.17. The fourth-order valence-corrected chi connectivity index (χ4v) is 1.67. The van der Waals surface area contributed by atoms with E-state index in [-0.39, 0.29) is 13.0 Å². The molecule has 0 unspecified atom stereocenters. The average Bonchev–Trinajstić information content (AvgIpc) is 2.45. The maximum atomic E-state index is 11.6. The summed E-state index contributed by atoms with van der Waals surface area (Å²) in [6, 6.07) is 6.16. The Bertz CT molecular complexity index is 445. The van der Waals surface area contributed by atoms with Crippen LogP contribution in [0.15, 0.2) is 24.3 Å². The summed E-state index contributed by atoms with van der Waals surface area (Å²) < 4.78 is 0. The number of rotatable bonds is 7. The summed E-state index contributed by atoms with van der Waals surface area (Å²) in [5.41, 5.74) is 2.15. The van der Waals surface area contributed by atoms with E-state index in [9.17, 15) is 9.59 Å². The van der Waals surface area contributed by atoms with Crippen molar-refractivity contribution in [2.24, 2.45) is 0 Å². The maximum Gasteiger partial charge on any atom is 0.326 e. The first-order valence-electron chi connectivity index (χ1n) is 6.52. The molecule has 1 atom stereocenters. The molecule has 6 nitrogen and oxygen atoms in total. The SMILES string of the molecule is CCc1ccc(CNC(=O)N[C@H](CCO)C(=O)O)cc1. The molecule has 0 aliphatic rings. The number of carbonyl (C=O) groups excluding carboxylic acids is 1. The number of hydrogen-bond acceptors (Lipinski definition) is 3. The van der Waals surface area contributed by atoms with Crippen LogP contribution in [-0.4, -0.2) is 34.9 Å². The van der Waals surface area contributed by atoms with E-state index in [0.717, 1.165) is 12.0 Å². The Balaban J connectivity index is 2.43. The van der Waals surface area contributed by atoms with Crippen molar-refractivity contribution in [3.8, 4) is 0 Å². The fourth-order valence-electron chi connectivity index (χ4n) is 1.67. The molecule has 0 aliphatic carbocycles. The number of aliphatic hydroxyl groups is 1. The van der Waals surface area contributed by atoms with E-state index in [0.29, 0.717) is 6.54 Å². The van der Waals surface area contributed by atoms with Crippen LogP contribution in [0.1, 0.15) is 24.5 Å². The predicted molar refractivity (Wildman–Crippen MR) is 74.3 cm³/mol. The molecule has 1 aromatic rings.